The van der Waals surface area contributed by atoms with Crippen LogP contribution in [0.1, 0.15) is 0 Å². The van der Waals surface area contributed by atoms with Gasteiger partial charge in [-0.15, -0.1) is 0 Å². The maximum atomic E-state index is 12.1. The van der Waals surface area contributed by atoms with Crippen molar-refractivity contribution in [2.45, 2.75) is 6.54 Å². The highest BCUT2D eigenvalue weighted by Gasteiger charge is 2.19. The van der Waals surface area contributed by atoms with E-state index in [2.05, 4.69) is 10.1 Å². The molecule has 0 aliphatic rings. The predicted octanol–water partition coefficient (Wildman–Crippen LogP) is 0.922. The summed E-state index contributed by atoms with van der Waals surface area (Å²) in [4.78, 5) is 23.4. The summed E-state index contributed by atoms with van der Waals surface area (Å²) in [7, 11) is 4.48. The van der Waals surface area contributed by atoms with Crippen molar-refractivity contribution in [3.63, 3.8) is 0 Å². The third-order valence-electron chi connectivity index (χ3n) is 3.23. The highest BCUT2D eigenvalue weighted by atomic mass is 16.5. The number of anilines is 2. The Bertz CT molecular complexity index is 743. The van der Waals surface area contributed by atoms with E-state index in [0.717, 1.165) is 0 Å². The summed E-state index contributed by atoms with van der Waals surface area (Å²) in [5.41, 5.74) is 0.565. The molecule has 0 fully saturated rings. The molecule has 128 valence electrons. The first kappa shape index (κ1) is 17.3. The second-order valence-corrected chi connectivity index (χ2v) is 4.96. The van der Waals surface area contributed by atoms with E-state index in [9.17, 15) is 14.8 Å². The van der Waals surface area contributed by atoms with E-state index in [-0.39, 0.29) is 18.0 Å². The third kappa shape index (κ3) is 4.02. The summed E-state index contributed by atoms with van der Waals surface area (Å²) in [6.45, 7) is -0.0260. The number of amides is 2. The fourth-order valence-corrected chi connectivity index (χ4v) is 2.04. The van der Waals surface area contributed by atoms with Crippen molar-refractivity contribution in [1.82, 2.24) is 4.57 Å². The lowest BCUT2D eigenvalue weighted by Gasteiger charge is -2.16. The molecule has 1 aromatic carbocycles. The number of nitrogens with one attached hydrogen (secondary N) is 1. The molecule has 1 aromatic heterocycles. The zero-order chi connectivity index (χ0) is 17.7. The minimum Gasteiger partial charge on any atom is -0.494 e. The maximum Gasteiger partial charge on any atom is 0.411 e. The number of aryl methyl sites for hydroxylation is 1. The number of imidazole rings is 1. The van der Waals surface area contributed by atoms with Crippen LogP contribution in [0, 0.1) is 0 Å². The largest absolute Gasteiger partial charge is 0.494 e. The lowest BCUT2D eigenvalue weighted by Crippen LogP contribution is -2.31. The van der Waals surface area contributed by atoms with Gasteiger partial charge in [0.05, 0.1) is 32.6 Å². The van der Waals surface area contributed by atoms with Crippen molar-refractivity contribution in [2.24, 2.45) is 7.05 Å². The minimum atomic E-state index is -0.654. The second-order valence-electron chi connectivity index (χ2n) is 4.96. The molecule has 2 N–H and O–H groups in total. The number of hydroxylamine groups is 1. The number of nitrogens with zero attached hydrogens (tertiary/aromatic N) is 3. The van der Waals surface area contributed by atoms with Crippen LogP contribution in [0.5, 0.6) is 5.75 Å². The normalized spacial score (nSPS) is 10.2. The van der Waals surface area contributed by atoms with Crippen LogP contribution in [-0.4, -0.2) is 36.0 Å². The van der Waals surface area contributed by atoms with E-state index >= 15 is 0 Å². The monoisotopic (exact) mass is 335 g/mol. The van der Waals surface area contributed by atoms with Gasteiger partial charge in [0.1, 0.15) is 18.1 Å². The first-order valence-electron chi connectivity index (χ1n) is 7.00. The van der Waals surface area contributed by atoms with Crippen molar-refractivity contribution < 1.29 is 28.8 Å². The zero-order valence-electron chi connectivity index (χ0n) is 13.6. The predicted molar refractivity (Wildman–Crippen MR) is 83.9 cm³/mol. The number of hydrogen-bond donors (Lipinski definition) is 2. The van der Waals surface area contributed by atoms with Crippen molar-refractivity contribution in [2.75, 3.05) is 24.6 Å². The van der Waals surface area contributed by atoms with Crippen LogP contribution in [0.2, 0.25) is 0 Å². The Morgan fingerprint density at radius 2 is 2.12 bits per heavy atom. The summed E-state index contributed by atoms with van der Waals surface area (Å²) in [6.07, 6.45) is 4.56. The Morgan fingerprint density at radius 3 is 2.71 bits per heavy atom. The van der Waals surface area contributed by atoms with Gasteiger partial charge in [0.15, 0.2) is 6.54 Å². The molecular weight excluding hydrogens is 316 g/mol. The number of benzene rings is 1. The summed E-state index contributed by atoms with van der Waals surface area (Å²) in [6, 6.07) is 4.40. The fraction of sp³-hybridized carbons (Fsp3) is 0.267. The lowest BCUT2D eigenvalue weighted by molar-refractivity contribution is -0.671. The van der Waals surface area contributed by atoms with Crippen LogP contribution in [0.25, 0.3) is 0 Å². The Labute approximate surface area is 138 Å². The molecule has 9 heteroatoms. The van der Waals surface area contributed by atoms with Gasteiger partial charge >= 0.3 is 6.09 Å². The van der Waals surface area contributed by atoms with Gasteiger partial charge in [-0.05, 0) is 12.1 Å². The Balaban J connectivity index is 2.15. The van der Waals surface area contributed by atoms with E-state index in [1.54, 1.807) is 27.9 Å². The average Bonchev–Trinajstić information content (AvgIpc) is 2.99. The van der Waals surface area contributed by atoms with Gasteiger partial charge in [-0.1, -0.05) is 0 Å². The third-order valence-corrected chi connectivity index (χ3v) is 3.23. The fourth-order valence-electron chi connectivity index (χ4n) is 2.04. The highest BCUT2D eigenvalue weighted by molar-refractivity contribution is 5.92. The lowest BCUT2D eigenvalue weighted by atomic mass is 10.2. The van der Waals surface area contributed by atoms with Gasteiger partial charge in [-0.25, -0.2) is 13.9 Å². The molecule has 0 aliphatic heterocycles. The molecule has 0 aliphatic carbocycles. The van der Waals surface area contributed by atoms with Gasteiger partial charge in [0.25, 0.3) is 5.91 Å². The number of ether oxygens (including phenoxy) is 2. The smallest absolute Gasteiger partial charge is 0.411 e. The molecule has 0 bridgehead atoms. The Hall–Kier alpha value is -3.07. The first-order valence-corrected chi connectivity index (χ1v) is 7.00. The van der Waals surface area contributed by atoms with Crippen LogP contribution < -0.4 is 19.7 Å². The molecule has 0 atom stereocenters. The van der Waals surface area contributed by atoms with Gasteiger partial charge < -0.3 is 9.47 Å². The van der Waals surface area contributed by atoms with Crippen molar-refractivity contribution >= 4 is 23.4 Å². The number of carbonyl (C=O) groups excluding carboxylic acids is 2. The second kappa shape index (κ2) is 7.47. The molecule has 0 saturated carbocycles. The molecule has 2 aromatic rings. The molecule has 2 rings (SSSR count). The first-order chi connectivity index (χ1) is 11.4. The number of rotatable bonds is 5. The van der Waals surface area contributed by atoms with Crippen LogP contribution in [-0.2, 0) is 23.1 Å². The van der Waals surface area contributed by atoms with Crippen molar-refractivity contribution in [3.8, 4) is 5.75 Å². The minimum absolute atomic E-state index is 0.0260. The van der Waals surface area contributed by atoms with E-state index in [4.69, 9.17) is 4.74 Å². The highest BCUT2D eigenvalue weighted by Crippen LogP contribution is 2.29. The molecule has 1 heterocycles. The van der Waals surface area contributed by atoms with Gasteiger partial charge in [0.2, 0.25) is 6.33 Å². The quantitative estimate of drug-likeness (QED) is 0.481. The van der Waals surface area contributed by atoms with E-state index in [1.165, 1.54) is 32.4 Å². The van der Waals surface area contributed by atoms with Gasteiger partial charge in [-0.2, -0.15) is 5.06 Å². The summed E-state index contributed by atoms with van der Waals surface area (Å²) in [5, 5.41) is 13.1. The van der Waals surface area contributed by atoms with Crippen LogP contribution in [0.15, 0.2) is 36.9 Å². The van der Waals surface area contributed by atoms with Gasteiger partial charge in [0, 0.05) is 6.07 Å². The van der Waals surface area contributed by atoms with Crippen LogP contribution in [0.3, 0.4) is 0 Å². The summed E-state index contributed by atoms with van der Waals surface area (Å²) < 4.78 is 13.1. The SMILES string of the molecule is COC(=O)Nc1ccc(N(O)C(=O)Cn2cc[n+](C)c2)cc1OC. The number of methoxy groups -OCH3 is 2. The van der Waals surface area contributed by atoms with E-state index < -0.39 is 12.0 Å². The molecule has 0 saturated heterocycles. The molecule has 9 nitrogen and oxygen atoms in total. The number of aromatic nitrogens is 2. The molecular formula is C15H19N4O5+. The van der Waals surface area contributed by atoms with Crippen molar-refractivity contribution in [3.05, 3.63) is 36.9 Å². The van der Waals surface area contributed by atoms with Gasteiger partial charge in [-0.3, -0.25) is 15.3 Å². The summed E-state index contributed by atoms with van der Waals surface area (Å²) >= 11 is 0. The number of hydrogen-bond acceptors (Lipinski definition) is 5. The topological polar surface area (TPSA) is 96.9 Å². The van der Waals surface area contributed by atoms with Crippen LogP contribution >= 0.6 is 0 Å². The maximum absolute atomic E-state index is 12.1. The Kier molecular flexibility index (Phi) is 5.38. The molecule has 0 unspecified atom stereocenters. The van der Waals surface area contributed by atoms with E-state index in [1.807, 2.05) is 7.05 Å². The van der Waals surface area contributed by atoms with E-state index in [0.29, 0.717) is 10.8 Å². The Morgan fingerprint density at radius 1 is 1.38 bits per heavy atom. The number of carbonyl (C=O) groups is 2. The van der Waals surface area contributed by atoms with Crippen molar-refractivity contribution in [1.29, 1.82) is 0 Å². The molecule has 0 radical (unpaired) electrons. The standard InChI is InChI=1S/C15H18N4O5/c1-17-6-7-18(10-17)9-14(20)19(22)11-4-5-12(13(8-11)23-2)16-15(21)24-3/h4-8,10,22H,9H2,1-3H3/p+1. The summed E-state index contributed by atoms with van der Waals surface area (Å²) in [5.74, 6) is -0.251. The average molecular weight is 335 g/mol. The zero-order valence-corrected chi connectivity index (χ0v) is 13.6. The molecule has 2 amide bonds. The molecule has 0 spiro atoms. The molecule has 24 heavy (non-hydrogen) atoms. The van der Waals surface area contributed by atoms with Crippen LogP contribution in [0.4, 0.5) is 16.2 Å².